The summed E-state index contributed by atoms with van der Waals surface area (Å²) in [6.45, 7) is 1.30. The minimum absolute atomic E-state index is 0.0510. The highest BCUT2D eigenvalue weighted by Gasteiger charge is 2.14. The fourth-order valence-electron chi connectivity index (χ4n) is 2.18. The van der Waals surface area contributed by atoms with Gasteiger partial charge in [0.05, 0.1) is 4.90 Å². The van der Waals surface area contributed by atoms with Crippen molar-refractivity contribution in [1.82, 2.24) is 0 Å². The van der Waals surface area contributed by atoms with Crippen molar-refractivity contribution in [3.8, 4) is 6.07 Å². The summed E-state index contributed by atoms with van der Waals surface area (Å²) in [6.07, 6.45) is 2.43. The molecule has 0 bridgehead atoms. The van der Waals surface area contributed by atoms with Gasteiger partial charge in [-0.15, -0.1) is 0 Å². The van der Waals surface area contributed by atoms with Crippen LogP contribution in [0.1, 0.15) is 11.1 Å². The summed E-state index contributed by atoms with van der Waals surface area (Å²) in [7, 11) is -3.41. The van der Waals surface area contributed by atoms with Crippen molar-refractivity contribution in [3.63, 3.8) is 0 Å². The van der Waals surface area contributed by atoms with Gasteiger partial charge in [0.2, 0.25) is 0 Å². The molecule has 0 atom stereocenters. The predicted octanol–water partition coefficient (Wildman–Crippen LogP) is 2.49. The number of anilines is 1. The van der Waals surface area contributed by atoms with E-state index in [0.29, 0.717) is 5.56 Å². The molecule has 2 aromatic rings. The van der Waals surface area contributed by atoms with Crippen molar-refractivity contribution in [3.05, 3.63) is 65.2 Å². The fraction of sp³-hybridized carbons (Fsp3) is 0.150. The van der Waals surface area contributed by atoms with E-state index in [1.54, 1.807) is 18.2 Å². The maximum Gasteiger partial charge on any atom is 0.349 e. The summed E-state index contributed by atoms with van der Waals surface area (Å²) in [6, 6.07) is 14.6. The number of rotatable bonds is 6. The van der Waals surface area contributed by atoms with Gasteiger partial charge in [-0.2, -0.15) is 5.26 Å². The van der Waals surface area contributed by atoms with E-state index >= 15 is 0 Å². The Morgan fingerprint density at radius 1 is 1.18 bits per heavy atom. The Labute approximate surface area is 163 Å². The van der Waals surface area contributed by atoms with Gasteiger partial charge in [-0.25, -0.2) is 13.2 Å². The second-order valence-corrected chi connectivity index (χ2v) is 8.02. The topological polar surface area (TPSA) is 113 Å². The second-order valence-electron chi connectivity index (χ2n) is 6.00. The smallest absolute Gasteiger partial charge is 0.349 e. The number of nitrogens with zero attached hydrogens (tertiary/aromatic N) is 1. The number of sulfone groups is 1. The van der Waals surface area contributed by atoms with Gasteiger partial charge in [0.25, 0.3) is 5.91 Å². The molecule has 0 heterocycles. The molecule has 0 aliphatic rings. The molecule has 0 spiro atoms. The Morgan fingerprint density at radius 2 is 1.86 bits per heavy atom. The molecule has 1 amide bonds. The fourth-order valence-corrected chi connectivity index (χ4v) is 2.84. The Hall–Kier alpha value is -3.44. The first-order chi connectivity index (χ1) is 13.2. The lowest BCUT2D eigenvalue weighted by Gasteiger charge is -2.07. The normalized spacial score (nSPS) is 11.4. The van der Waals surface area contributed by atoms with Gasteiger partial charge in [-0.3, -0.25) is 4.79 Å². The highest BCUT2D eigenvalue weighted by atomic mass is 32.2. The summed E-state index contributed by atoms with van der Waals surface area (Å²) in [5.41, 5.74) is 1.70. The van der Waals surface area contributed by atoms with Crippen LogP contribution in [0.25, 0.3) is 6.08 Å². The first kappa shape index (κ1) is 20.9. The number of aryl methyl sites for hydroxylation is 1. The second kappa shape index (κ2) is 8.97. The third-order valence-corrected chi connectivity index (χ3v) is 4.72. The number of benzene rings is 2. The molecule has 0 saturated heterocycles. The molecule has 0 fully saturated rings. The molecule has 0 aliphatic carbocycles. The summed E-state index contributed by atoms with van der Waals surface area (Å²) >= 11 is 0. The molecule has 2 rings (SSSR count). The van der Waals surface area contributed by atoms with Gasteiger partial charge in [-0.05, 0) is 36.8 Å². The standard InChI is InChI=1S/C20H18N2O5S/c1-14-6-8-15(9-7-14)10-16(12-21)20(24)27-13-19(23)22-17-4-3-5-18(11-17)28(2,25)26/h3-11H,13H2,1-2H3,(H,22,23)/b16-10+. The lowest BCUT2D eigenvalue weighted by Crippen LogP contribution is -2.21. The van der Waals surface area contributed by atoms with E-state index in [4.69, 9.17) is 10.00 Å². The average Bonchev–Trinajstić information content (AvgIpc) is 2.65. The van der Waals surface area contributed by atoms with Crippen LogP contribution in [0.15, 0.2) is 59.0 Å². The number of hydrogen-bond acceptors (Lipinski definition) is 6. The van der Waals surface area contributed by atoms with Crippen molar-refractivity contribution in [2.75, 3.05) is 18.2 Å². The molecular formula is C20H18N2O5S. The number of carbonyl (C=O) groups is 2. The van der Waals surface area contributed by atoms with Crippen molar-refractivity contribution < 1.29 is 22.7 Å². The highest BCUT2D eigenvalue weighted by Crippen LogP contribution is 2.15. The van der Waals surface area contributed by atoms with Crippen LogP contribution < -0.4 is 5.32 Å². The molecule has 0 aromatic heterocycles. The number of carbonyl (C=O) groups excluding carboxylic acids is 2. The molecule has 0 unspecified atom stereocenters. The Bertz CT molecular complexity index is 1060. The van der Waals surface area contributed by atoms with Crippen molar-refractivity contribution in [2.45, 2.75) is 11.8 Å². The average molecular weight is 398 g/mol. The van der Waals surface area contributed by atoms with Gasteiger partial charge >= 0.3 is 5.97 Å². The summed E-state index contributed by atoms with van der Waals surface area (Å²) in [5.74, 6) is -1.59. The monoisotopic (exact) mass is 398 g/mol. The molecular weight excluding hydrogens is 380 g/mol. The first-order valence-electron chi connectivity index (χ1n) is 8.14. The summed E-state index contributed by atoms with van der Waals surface area (Å²) in [4.78, 5) is 24.0. The highest BCUT2D eigenvalue weighted by molar-refractivity contribution is 7.90. The van der Waals surface area contributed by atoms with Crippen LogP contribution in [0.3, 0.4) is 0 Å². The van der Waals surface area contributed by atoms with Gasteiger partial charge < -0.3 is 10.1 Å². The minimum atomic E-state index is -3.41. The Balaban J connectivity index is 1.99. The SMILES string of the molecule is Cc1ccc(/C=C(\C#N)C(=O)OCC(=O)Nc2cccc(S(C)(=O)=O)c2)cc1. The van der Waals surface area contributed by atoms with E-state index in [-0.39, 0.29) is 16.2 Å². The summed E-state index contributed by atoms with van der Waals surface area (Å²) < 4.78 is 27.9. The van der Waals surface area contributed by atoms with Gasteiger partial charge in [0, 0.05) is 11.9 Å². The van der Waals surface area contributed by atoms with Crippen LogP contribution in [0.2, 0.25) is 0 Å². The number of ether oxygens (including phenoxy) is 1. The third kappa shape index (κ3) is 6.07. The largest absolute Gasteiger partial charge is 0.451 e. The van der Waals surface area contributed by atoms with Crippen LogP contribution in [0, 0.1) is 18.3 Å². The van der Waals surface area contributed by atoms with Crippen LogP contribution >= 0.6 is 0 Å². The zero-order valence-corrected chi connectivity index (χ0v) is 16.1. The van der Waals surface area contributed by atoms with Crippen LogP contribution in [-0.2, 0) is 24.2 Å². The van der Waals surface area contributed by atoms with Crippen molar-refractivity contribution >= 4 is 33.5 Å². The van der Waals surface area contributed by atoms with Crippen LogP contribution in [-0.4, -0.2) is 33.2 Å². The number of nitrogens with one attached hydrogen (secondary N) is 1. The minimum Gasteiger partial charge on any atom is -0.451 e. The van der Waals surface area contributed by atoms with E-state index in [9.17, 15) is 18.0 Å². The molecule has 0 radical (unpaired) electrons. The van der Waals surface area contributed by atoms with Crippen LogP contribution in [0.5, 0.6) is 0 Å². The van der Waals surface area contributed by atoms with Gasteiger partial charge in [0.1, 0.15) is 11.6 Å². The number of esters is 1. The molecule has 2 aromatic carbocycles. The van der Waals surface area contributed by atoms with E-state index in [1.807, 2.05) is 19.1 Å². The Kier molecular flexibility index (Phi) is 6.69. The quantitative estimate of drug-likeness (QED) is 0.454. The molecule has 144 valence electrons. The van der Waals surface area contributed by atoms with Crippen LogP contribution in [0.4, 0.5) is 5.69 Å². The van der Waals surface area contributed by atoms with Gasteiger partial charge in [0.15, 0.2) is 16.4 Å². The predicted molar refractivity (Wildman–Crippen MR) is 104 cm³/mol. The van der Waals surface area contributed by atoms with E-state index < -0.39 is 28.3 Å². The molecule has 8 heteroatoms. The number of amides is 1. The third-order valence-electron chi connectivity index (χ3n) is 3.61. The van der Waals surface area contributed by atoms with E-state index in [1.165, 1.54) is 30.3 Å². The summed E-state index contributed by atoms with van der Waals surface area (Å²) in [5, 5.41) is 11.6. The molecule has 7 nitrogen and oxygen atoms in total. The molecule has 0 saturated carbocycles. The van der Waals surface area contributed by atoms with Crippen molar-refractivity contribution in [2.24, 2.45) is 0 Å². The first-order valence-corrected chi connectivity index (χ1v) is 10.0. The molecule has 1 N–H and O–H groups in total. The van der Waals surface area contributed by atoms with Crippen molar-refractivity contribution in [1.29, 1.82) is 5.26 Å². The molecule has 28 heavy (non-hydrogen) atoms. The number of nitriles is 1. The number of hydrogen-bond donors (Lipinski definition) is 1. The Morgan fingerprint density at radius 3 is 2.46 bits per heavy atom. The zero-order valence-electron chi connectivity index (χ0n) is 15.3. The van der Waals surface area contributed by atoms with E-state index in [0.717, 1.165) is 11.8 Å². The maximum atomic E-state index is 12.0. The molecule has 0 aliphatic heterocycles. The maximum absolute atomic E-state index is 12.0. The lowest BCUT2D eigenvalue weighted by molar-refractivity contribution is -0.142. The zero-order chi connectivity index (χ0) is 20.7. The van der Waals surface area contributed by atoms with Gasteiger partial charge in [-0.1, -0.05) is 35.9 Å². The van der Waals surface area contributed by atoms with E-state index in [2.05, 4.69) is 5.32 Å². The lowest BCUT2D eigenvalue weighted by atomic mass is 10.1.